The van der Waals surface area contributed by atoms with Crippen molar-refractivity contribution in [2.24, 2.45) is 0 Å². The molecule has 1 aromatic heterocycles. The summed E-state index contributed by atoms with van der Waals surface area (Å²) in [5, 5.41) is 11.7. The molecule has 1 aromatic rings. The Labute approximate surface area is 85.0 Å². The average Bonchev–Trinajstić information content (AvgIpc) is 2.63. The smallest absolute Gasteiger partial charge is 0.0949 e. The molecule has 14 heavy (non-hydrogen) atoms. The molecule has 1 heterocycles. The highest BCUT2D eigenvalue weighted by atomic mass is 16.2. The van der Waals surface area contributed by atoms with Crippen LogP contribution in [0.4, 0.5) is 0 Å². The molecule has 4 nitrogen and oxygen atoms in total. The molecule has 0 atom stereocenters. The topological polar surface area (TPSA) is 50.1 Å². The summed E-state index contributed by atoms with van der Waals surface area (Å²) in [5.41, 5.74) is 1.13. The summed E-state index contributed by atoms with van der Waals surface area (Å²) in [6.45, 7) is 2.20. The minimum Gasteiger partial charge on any atom is -0.396 e. The molecule has 1 rings (SSSR count). The van der Waals surface area contributed by atoms with Crippen molar-refractivity contribution in [1.29, 1.82) is 0 Å². The van der Waals surface area contributed by atoms with Gasteiger partial charge in [0.1, 0.15) is 0 Å². The fourth-order valence-electron chi connectivity index (χ4n) is 1.32. The monoisotopic (exact) mass is 197 g/mol. The molecule has 0 saturated carbocycles. The number of likely N-dealkylation sites (N-methyl/N-ethyl adjacent to an activating group) is 1. The van der Waals surface area contributed by atoms with E-state index >= 15 is 0 Å². The van der Waals surface area contributed by atoms with Crippen LogP contribution in [0, 0.1) is 0 Å². The van der Waals surface area contributed by atoms with E-state index in [9.17, 15) is 0 Å². The van der Waals surface area contributed by atoms with Gasteiger partial charge in [-0.05, 0) is 19.9 Å². The summed E-state index contributed by atoms with van der Waals surface area (Å²) in [4.78, 5) is 4.29. The van der Waals surface area contributed by atoms with Gasteiger partial charge in [0.05, 0.1) is 12.0 Å². The summed E-state index contributed by atoms with van der Waals surface area (Å²) in [5.74, 6) is 0. The van der Waals surface area contributed by atoms with Gasteiger partial charge in [-0.25, -0.2) is 4.98 Å². The number of aromatic nitrogens is 2. The zero-order chi connectivity index (χ0) is 10.2. The van der Waals surface area contributed by atoms with Crippen LogP contribution in [0.1, 0.15) is 18.5 Å². The molecule has 0 aliphatic heterocycles. The van der Waals surface area contributed by atoms with E-state index in [1.807, 2.05) is 13.4 Å². The molecule has 0 amide bonds. The van der Waals surface area contributed by atoms with Gasteiger partial charge < -0.3 is 15.0 Å². The number of aliphatic hydroxyl groups is 1. The minimum atomic E-state index is 0.279. The first kappa shape index (κ1) is 11.2. The molecule has 0 saturated heterocycles. The van der Waals surface area contributed by atoms with Crippen LogP contribution < -0.4 is 5.32 Å². The zero-order valence-corrected chi connectivity index (χ0v) is 8.74. The summed E-state index contributed by atoms with van der Waals surface area (Å²) < 4.78 is 2.08. The summed E-state index contributed by atoms with van der Waals surface area (Å²) >= 11 is 0. The van der Waals surface area contributed by atoms with Crippen molar-refractivity contribution >= 4 is 0 Å². The van der Waals surface area contributed by atoms with Crippen LogP contribution in [-0.4, -0.2) is 34.9 Å². The first-order chi connectivity index (χ1) is 6.86. The second kappa shape index (κ2) is 6.56. The normalized spacial score (nSPS) is 10.7. The Morgan fingerprint density at radius 1 is 1.50 bits per heavy atom. The van der Waals surface area contributed by atoms with Gasteiger partial charge in [0.2, 0.25) is 0 Å². The maximum absolute atomic E-state index is 8.63. The van der Waals surface area contributed by atoms with E-state index in [1.165, 1.54) is 0 Å². The molecule has 0 unspecified atom stereocenters. The van der Waals surface area contributed by atoms with E-state index in [2.05, 4.69) is 21.1 Å². The highest BCUT2D eigenvalue weighted by Gasteiger charge is 1.97. The molecule has 0 spiro atoms. The molecule has 0 aliphatic carbocycles. The fourth-order valence-corrected chi connectivity index (χ4v) is 1.32. The second-order valence-corrected chi connectivity index (χ2v) is 3.39. The van der Waals surface area contributed by atoms with Gasteiger partial charge >= 0.3 is 0 Å². The number of aryl methyl sites for hydroxylation is 1. The Bertz CT molecular complexity index is 247. The van der Waals surface area contributed by atoms with Crippen LogP contribution in [0.15, 0.2) is 12.5 Å². The standard InChI is InChI=1S/C10H19N3O/c1-11-5-4-10-8-13(9-12-10)6-2-3-7-14/h8-9,11,14H,2-7H2,1H3. The highest BCUT2D eigenvalue weighted by Crippen LogP contribution is 1.99. The Kier molecular flexibility index (Phi) is 5.25. The van der Waals surface area contributed by atoms with E-state index in [4.69, 9.17) is 5.11 Å². The van der Waals surface area contributed by atoms with Crippen molar-refractivity contribution in [3.8, 4) is 0 Å². The zero-order valence-electron chi connectivity index (χ0n) is 8.74. The van der Waals surface area contributed by atoms with Crippen molar-refractivity contribution in [1.82, 2.24) is 14.9 Å². The number of nitrogens with one attached hydrogen (secondary N) is 1. The Balaban J connectivity index is 2.27. The van der Waals surface area contributed by atoms with Gasteiger partial charge in [0, 0.05) is 32.3 Å². The van der Waals surface area contributed by atoms with Crippen molar-refractivity contribution in [2.45, 2.75) is 25.8 Å². The van der Waals surface area contributed by atoms with Crippen molar-refractivity contribution in [3.05, 3.63) is 18.2 Å². The molecule has 0 aromatic carbocycles. The van der Waals surface area contributed by atoms with Gasteiger partial charge in [-0.2, -0.15) is 0 Å². The Morgan fingerprint density at radius 2 is 2.36 bits per heavy atom. The molecular formula is C10H19N3O. The maximum atomic E-state index is 8.63. The van der Waals surface area contributed by atoms with Gasteiger partial charge in [0.25, 0.3) is 0 Å². The third kappa shape index (κ3) is 3.89. The van der Waals surface area contributed by atoms with Gasteiger partial charge in [-0.15, -0.1) is 0 Å². The molecule has 0 fully saturated rings. The van der Waals surface area contributed by atoms with E-state index in [-0.39, 0.29) is 6.61 Å². The fraction of sp³-hybridized carbons (Fsp3) is 0.700. The molecule has 80 valence electrons. The van der Waals surface area contributed by atoms with Crippen LogP contribution in [0.3, 0.4) is 0 Å². The van der Waals surface area contributed by atoms with Crippen LogP contribution in [0.2, 0.25) is 0 Å². The first-order valence-corrected chi connectivity index (χ1v) is 5.13. The number of unbranched alkanes of at least 4 members (excludes halogenated alkanes) is 1. The molecular weight excluding hydrogens is 178 g/mol. The maximum Gasteiger partial charge on any atom is 0.0949 e. The summed E-state index contributed by atoms with van der Waals surface area (Å²) in [6.07, 6.45) is 6.79. The van der Waals surface area contributed by atoms with Crippen molar-refractivity contribution in [2.75, 3.05) is 20.2 Å². The molecule has 2 N–H and O–H groups in total. The number of rotatable bonds is 7. The van der Waals surface area contributed by atoms with Crippen LogP contribution in [0.25, 0.3) is 0 Å². The van der Waals surface area contributed by atoms with Gasteiger partial charge in [-0.1, -0.05) is 0 Å². The van der Waals surface area contributed by atoms with Crippen LogP contribution in [0.5, 0.6) is 0 Å². The lowest BCUT2D eigenvalue weighted by Crippen LogP contribution is -2.10. The predicted octanol–water partition coefficient (Wildman–Crippen LogP) is 0.417. The molecule has 0 radical (unpaired) electrons. The largest absolute Gasteiger partial charge is 0.396 e. The first-order valence-electron chi connectivity index (χ1n) is 5.13. The predicted molar refractivity (Wildman–Crippen MR) is 56.2 cm³/mol. The van der Waals surface area contributed by atoms with E-state index in [0.29, 0.717) is 0 Å². The number of hydrogen-bond acceptors (Lipinski definition) is 3. The molecule has 0 bridgehead atoms. The van der Waals surface area contributed by atoms with Crippen molar-refractivity contribution in [3.63, 3.8) is 0 Å². The Hall–Kier alpha value is -0.870. The lowest BCUT2D eigenvalue weighted by atomic mass is 10.3. The third-order valence-corrected chi connectivity index (χ3v) is 2.14. The Morgan fingerprint density at radius 3 is 3.07 bits per heavy atom. The van der Waals surface area contributed by atoms with Gasteiger partial charge in [0.15, 0.2) is 0 Å². The lowest BCUT2D eigenvalue weighted by Gasteiger charge is -1.99. The van der Waals surface area contributed by atoms with Crippen LogP contribution in [-0.2, 0) is 13.0 Å². The SMILES string of the molecule is CNCCc1cn(CCCCO)cn1. The van der Waals surface area contributed by atoms with E-state index < -0.39 is 0 Å². The minimum absolute atomic E-state index is 0.279. The lowest BCUT2D eigenvalue weighted by molar-refractivity contribution is 0.281. The molecule has 0 aliphatic rings. The number of nitrogens with zero attached hydrogens (tertiary/aromatic N) is 2. The number of hydrogen-bond donors (Lipinski definition) is 2. The summed E-state index contributed by atoms with van der Waals surface area (Å²) in [6, 6.07) is 0. The second-order valence-electron chi connectivity index (χ2n) is 3.39. The highest BCUT2D eigenvalue weighted by molar-refractivity contribution is 4.97. The third-order valence-electron chi connectivity index (χ3n) is 2.14. The van der Waals surface area contributed by atoms with E-state index in [0.717, 1.165) is 38.0 Å². The van der Waals surface area contributed by atoms with E-state index in [1.54, 1.807) is 0 Å². The van der Waals surface area contributed by atoms with Crippen molar-refractivity contribution < 1.29 is 5.11 Å². The average molecular weight is 197 g/mol. The number of aliphatic hydroxyl groups excluding tert-OH is 1. The molecule has 4 heteroatoms. The quantitative estimate of drug-likeness (QED) is 0.623. The van der Waals surface area contributed by atoms with Crippen LogP contribution >= 0.6 is 0 Å². The summed E-state index contributed by atoms with van der Waals surface area (Å²) in [7, 11) is 1.94. The van der Waals surface area contributed by atoms with Gasteiger partial charge in [-0.3, -0.25) is 0 Å². The number of imidazole rings is 1.